The number of rotatable bonds is 2. The molecule has 0 aliphatic carbocycles. The summed E-state index contributed by atoms with van der Waals surface area (Å²) in [6.45, 7) is 1.92. The summed E-state index contributed by atoms with van der Waals surface area (Å²) in [4.78, 5) is 12.5. The van der Waals surface area contributed by atoms with Crippen molar-refractivity contribution in [1.29, 1.82) is 0 Å². The minimum absolute atomic E-state index is 0.138. The molecule has 0 aliphatic heterocycles. The highest BCUT2D eigenvalue weighted by atomic mass is 35.5. The SMILES string of the molecule is Cc1ccc2ccccc2c1C(=O)c1ccc(Cl)o1. The van der Waals surface area contributed by atoms with E-state index in [1.54, 1.807) is 12.1 Å². The van der Waals surface area contributed by atoms with E-state index >= 15 is 0 Å². The van der Waals surface area contributed by atoms with E-state index < -0.39 is 0 Å². The van der Waals surface area contributed by atoms with Gasteiger partial charge in [-0.15, -0.1) is 0 Å². The van der Waals surface area contributed by atoms with E-state index in [2.05, 4.69) is 0 Å². The zero-order chi connectivity index (χ0) is 13.4. The molecule has 1 aromatic heterocycles. The fourth-order valence-electron chi connectivity index (χ4n) is 2.24. The highest BCUT2D eigenvalue weighted by Gasteiger charge is 2.18. The van der Waals surface area contributed by atoms with Crippen LogP contribution in [-0.4, -0.2) is 5.78 Å². The molecule has 3 heteroatoms. The zero-order valence-corrected chi connectivity index (χ0v) is 11.1. The monoisotopic (exact) mass is 270 g/mol. The molecule has 94 valence electrons. The molecular weight excluding hydrogens is 260 g/mol. The predicted octanol–water partition coefficient (Wildman–Crippen LogP) is 4.63. The minimum atomic E-state index is -0.138. The van der Waals surface area contributed by atoms with Crippen molar-refractivity contribution >= 4 is 28.2 Å². The normalized spacial score (nSPS) is 10.8. The van der Waals surface area contributed by atoms with Gasteiger partial charge in [0.2, 0.25) is 5.78 Å². The summed E-state index contributed by atoms with van der Waals surface area (Å²) in [6.07, 6.45) is 0. The first-order valence-corrected chi connectivity index (χ1v) is 6.33. The number of carbonyl (C=O) groups excluding carboxylic acids is 1. The Morgan fingerprint density at radius 3 is 2.58 bits per heavy atom. The van der Waals surface area contributed by atoms with Gasteiger partial charge in [-0.25, -0.2) is 0 Å². The average molecular weight is 271 g/mol. The van der Waals surface area contributed by atoms with Crippen LogP contribution in [0, 0.1) is 6.92 Å². The molecule has 0 saturated carbocycles. The van der Waals surface area contributed by atoms with Gasteiger partial charge in [0.25, 0.3) is 0 Å². The summed E-state index contributed by atoms with van der Waals surface area (Å²) in [5, 5.41) is 2.19. The maximum absolute atomic E-state index is 12.5. The van der Waals surface area contributed by atoms with Gasteiger partial charge in [0.15, 0.2) is 11.0 Å². The van der Waals surface area contributed by atoms with E-state index in [9.17, 15) is 4.79 Å². The Morgan fingerprint density at radius 1 is 1.05 bits per heavy atom. The second-order valence-electron chi connectivity index (χ2n) is 4.41. The molecule has 0 N–H and O–H groups in total. The van der Waals surface area contributed by atoms with Crippen LogP contribution in [0.4, 0.5) is 0 Å². The number of hydrogen-bond donors (Lipinski definition) is 0. The molecule has 1 heterocycles. The maximum Gasteiger partial charge on any atom is 0.229 e. The molecule has 0 spiro atoms. The Labute approximate surface area is 115 Å². The number of fused-ring (bicyclic) bond motifs is 1. The maximum atomic E-state index is 12.5. The van der Waals surface area contributed by atoms with Crippen molar-refractivity contribution in [3.8, 4) is 0 Å². The van der Waals surface area contributed by atoms with Gasteiger partial charge >= 0.3 is 0 Å². The summed E-state index contributed by atoms with van der Waals surface area (Å²) in [5.41, 5.74) is 1.60. The third-order valence-electron chi connectivity index (χ3n) is 3.16. The average Bonchev–Trinajstić information content (AvgIpc) is 2.85. The summed E-state index contributed by atoms with van der Waals surface area (Å²) >= 11 is 5.73. The van der Waals surface area contributed by atoms with E-state index in [0.717, 1.165) is 16.3 Å². The van der Waals surface area contributed by atoms with Crippen LogP contribution in [0.5, 0.6) is 0 Å². The van der Waals surface area contributed by atoms with Crippen molar-refractivity contribution in [2.45, 2.75) is 6.92 Å². The number of ketones is 1. The summed E-state index contributed by atoms with van der Waals surface area (Å²) in [5.74, 6) is 0.130. The van der Waals surface area contributed by atoms with Crippen LogP contribution in [0.25, 0.3) is 10.8 Å². The van der Waals surface area contributed by atoms with Gasteiger partial charge in [0.1, 0.15) is 0 Å². The fourth-order valence-corrected chi connectivity index (χ4v) is 2.39. The summed E-state index contributed by atoms with van der Waals surface area (Å²) in [7, 11) is 0. The van der Waals surface area contributed by atoms with Crippen LogP contribution >= 0.6 is 11.6 Å². The van der Waals surface area contributed by atoms with E-state index in [1.807, 2.05) is 43.3 Å². The molecule has 2 nitrogen and oxygen atoms in total. The molecule has 3 aromatic rings. The molecule has 0 aliphatic rings. The lowest BCUT2D eigenvalue weighted by Crippen LogP contribution is -2.03. The van der Waals surface area contributed by atoms with Crippen molar-refractivity contribution in [1.82, 2.24) is 0 Å². The highest BCUT2D eigenvalue weighted by molar-refractivity contribution is 6.29. The van der Waals surface area contributed by atoms with Crippen LogP contribution in [-0.2, 0) is 0 Å². The van der Waals surface area contributed by atoms with Crippen molar-refractivity contribution in [3.05, 3.63) is 70.6 Å². The number of halogens is 1. The Kier molecular flexibility index (Phi) is 2.88. The number of benzene rings is 2. The first-order chi connectivity index (χ1) is 9.16. The third kappa shape index (κ3) is 2.04. The lowest BCUT2D eigenvalue weighted by atomic mass is 9.96. The second-order valence-corrected chi connectivity index (χ2v) is 4.78. The van der Waals surface area contributed by atoms with Crippen LogP contribution < -0.4 is 0 Å². The van der Waals surface area contributed by atoms with Gasteiger partial charge in [-0.2, -0.15) is 0 Å². The lowest BCUT2D eigenvalue weighted by Gasteiger charge is -2.07. The molecule has 0 unspecified atom stereocenters. The van der Waals surface area contributed by atoms with Crippen molar-refractivity contribution in [3.63, 3.8) is 0 Å². The van der Waals surface area contributed by atoms with Crippen molar-refractivity contribution in [2.24, 2.45) is 0 Å². The van der Waals surface area contributed by atoms with E-state index in [-0.39, 0.29) is 16.8 Å². The summed E-state index contributed by atoms with van der Waals surface area (Å²) < 4.78 is 5.22. The standard InChI is InChI=1S/C16H11ClO2/c1-10-6-7-11-4-2-3-5-12(11)15(10)16(18)13-8-9-14(17)19-13/h2-9H,1H3. The number of carbonyl (C=O) groups is 1. The number of aryl methyl sites for hydroxylation is 1. The molecule has 0 fully saturated rings. The van der Waals surface area contributed by atoms with E-state index in [0.29, 0.717) is 5.56 Å². The molecule has 0 bridgehead atoms. The first-order valence-electron chi connectivity index (χ1n) is 5.95. The number of hydrogen-bond acceptors (Lipinski definition) is 2. The Balaban J connectivity index is 2.24. The minimum Gasteiger partial charge on any atom is -0.441 e. The summed E-state index contributed by atoms with van der Waals surface area (Å²) in [6, 6.07) is 14.9. The van der Waals surface area contributed by atoms with Gasteiger partial charge in [-0.05, 0) is 47.0 Å². The fraction of sp³-hybridized carbons (Fsp3) is 0.0625. The van der Waals surface area contributed by atoms with E-state index in [1.165, 1.54) is 0 Å². The smallest absolute Gasteiger partial charge is 0.229 e. The second kappa shape index (κ2) is 4.56. The van der Waals surface area contributed by atoms with Gasteiger partial charge in [-0.3, -0.25) is 4.79 Å². The van der Waals surface area contributed by atoms with Gasteiger partial charge < -0.3 is 4.42 Å². The largest absolute Gasteiger partial charge is 0.441 e. The van der Waals surface area contributed by atoms with Gasteiger partial charge in [0, 0.05) is 5.56 Å². The first kappa shape index (κ1) is 12.0. The van der Waals surface area contributed by atoms with Crippen molar-refractivity contribution in [2.75, 3.05) is 0 Å². The third-order valence-corrected chi connectivity index (χ3v) is 3.36. The quantitative estimate of drug-likeness (QED) is 0.636. The molecule has 0 saturated heterocycles. The topological polar surface area (TPSA) is 30.2 Å². The molecule has 0 atom stereocenters. The lowest BCUT2D eigenvalue weighted by molar-refractivity contribution is 0.101. The van der Waals surface area contributed by atoms with Crippen molar-refractivity contribution < 1.29 is 9.21 Å². The van der Waals surface area contributed by atoms with Crippen LogP contribution in [0.1, 0.15) is 21.7 Å². The van der Waals surface area contributed by atoms with Crippen LogP contribution in [0.15, 0.2) is 52.9 Å². The van der Waals surface area contributed by atoms with E-state index in [4.69, 9.17) is 16.0 Å². The van der Waals surface area contributed by atoms with Gasteiger partial charge in [-0.1, -0.05) is 36.4 Å². The van der Waals surface area contributed by atoms with Crippen LogP contribution in [0.3, 0.4) is 0 Å². The Bertz CT molecular complexity index is 771. The Hall–Kier alpha value is -2.06. The molecule has 3 rings (SSSR count). The zero-order valence-electron chi connectivity index (χ0n) is 10.3. The molecule has 19 heavy (non-hydrogen) atoms. The molecular formula is C16H11ClO2. The molecule has 0 amide bonds. The van der Waals surface area contributed by atoms with Crippen LogP contribution in [0.2, 0.25) is 5.22 Å². The Morgan fingerprint density at radius 2 is 1.84 bits per heavy atom. The van der Waals surface area contributed by atoms with Gasteiger partial charge in [0.05, 0.1) is 0 Å². The predicted molar refractivity (Wildman–Crippen MR) is 75.8 cm³/mol. The molecule has 0 radical (unpaired) electrons. The molecule has 2 aromatic carbocycles. The highest BCUT2D eigenvalue weighted by Crippen LogP contribution is 2.26. The number of furan rings is 1.